The van der Waals surface area contributed by atoms with Crippen molar-refractivity contribution in [3.63, 3.8) is 0 Å². The van der Waals surface area contributed by atoms with Crippen LogP contribution < -0.4 is 5.32 Å². The molecule has 3 nitrogen and oxygen atoms in total. The first-order chi connectivity index (χ1) is 11.8. The number of nitrogens with one attached hydrogen (secondary N) is 1. The quantitative estimate of drug-likeness (QED) is 0.833. The minimum absolute atomic E-state index is 0.0309. The molecule has 0 aliphatic heterocycles. The molecule has 3 atom stereocenters. The van der Waals surface area contributed by atoms with Gasteiger partial charge in [0.15, 0.2) is 0 Å². The molecule has 0 radical (unpaired) electrons. The summed E-state index contributed by atoms with van der Waals surface area (Å²) in [5.41, 5.74) is 0.931. The molecule has 1 heterocycles. The van der Waals surface area contributed by atoms with Gasteiger partial charge in [-0.2, -0.15) is 13.2 Å². The molecule has 1 amide bonds. The van der Waals surface area contributed by atoms with Gasteiger partial charge in [0.25, 0.3) is 0 Å². The van der Waals surface area contributed by atoms with Gasteiger partial charge in [-0.25, -0.2) is 4.98 Å². The summed E-state index contributed by atoms with van der Waals surface area (Å²) in [5, 5.41) is 3.76. The molecule has 1 saturated carbocycles. The lowest BCUT2D eigenvalue weighted by molar-refractivity contribution is -0.186. The van der Waals surface area contributed by atoms with Crippen LogP contribution in [0.4, 0.5) is 13.2 Å². The second kappa shape index (κ2) is 7.32. The average Bonchev–Trinajstić information content (AvgIpc) is 3.03. The number of rotatable bonds is 4. The summed E-state index contributed by atoms with van der Waals surface area (Å²) < 4.78 is 39.7. The van der Waals surface area contributed by atoms with Gasteiger partial charge in [-0.15, -0.1) is 11.3 Å². The highest BCUT2D eigenvalue weighted by Gasteiger charge is 2.43. The molecular weight excluding hydrogens is 349 g/mol. The topological polar surface area (TPSA) is 42.0 Å². The zero-order valence-electron chi connectivity index (χ0n) is 14.0. The normalized spacial score (nSPS) is 22.7. The lowest BCUT2D eigenvalue weighted by Gasteiger charge is -2.29. The van der Waals surface area contributed by atoms with Gasteiger partial charge in [0.05, 0.1) is 21.1 Å². The second-order valence-corrected chi connectivity index (χ2v) is 7.83. The lowest BCUT2D eigenvalue weighted by Crippen LogP contribution is -2.38. The van der Waals surface area contributed by atoms with Crippen molar-refractivity contribution >= 4 is 27.5 Å². The second-order valence-electron chi connectivity index (χ2n) is 6.77. The van der Waals surface area contributed by atoms with Gasteiger partial charge in [0.1, 0.15) is 0 Å². The van der Waals surface area contributed by atoms with Gasteiger partial charge in [-0.1, -0.05) is 25.5 Å². The molecule has 7 heteroatoms. The summed E-state index contributed by atoms with van der Waals surface area (Å²) in [4.78, 5) is 16.8. The Bertz CT molecular complexity index is 710. The van der Waals surface area contributed by atoms with E-state index in [9.17, 15) is 18.0 Å². The molecule has 2 aromatic rings. The zero-order chi connectivity index (χ0) is 18.0. The van der Waals surface area contributed by atoms with Crippen LogP contribution >= 0.6 is 11.3 Å². The SMILES string of the molecule is CC(CNC(=O)C1CCCC(C(F)(F)F)C1)c1nc2ccccc2s1. The molecule has 1 fully saturated rings. The maximum Gasteiger partial charge on any atom is 0.391 e. The summed E-state index contributed by atoms with van der Waals surface area (Å²) >= 11 is 1.59. The average molecular weight is 370 g/mol. The van der Waals surface area contributed by atoms with Crippen molar-refractivity contribution in [3.8, 4) is 0 Å². The molecule has 1 aliphatic carbocycles. The van der Waals surface area contributed by atoms with Crippen molar-refractivity contribution < 1.29 is 18.0 Å². The molecular formula is C18H21F3N2OS. The third-order valence-electron chi connectivity index (χ3n) is 4.82. The van der Waals surface area contributed by atoms with Crippen LogP contribution in [0.3, 0.4) is 0 Å². The van der Waals surface area contributed by atoms with E-state index in [1.807, 2.05) is 31.2 Å². The Morgan fingerprint density at radius 1 is 1.36 bits per heavy atom. The predicted octanol–water partition coefficient (Wildman–Crippen LogP) is 4.88. The van der Waals surface area contributed by atoms with E-state index in [-0.39, 0.29) is 24.7 Å². The van der Waals surface area contributed by atoms with Gasteiger partial charge in [-0.05, 0) is 31.4 Å². The van der Waals surface area contributed by atoms with Crippen LogP contribution in [0.25, 0.3) is 10.2 Å². The number of alkyl halides is 3. The number of carbonyl (C=O) groups excluding carboxylic acids is 1. The fourth-order valence-electron chi connectivity index (χ4n) is 3.31. The molecule has 0 saturated heterocycles. The van der Waals surface area contributed by atoms with Crippen molar-refractivity contribution in [1.82, 2.24) is 10.3 Å². The van der Waals surface area contributed by atoms with Crippen molar-refractivity contribution in [2.45, 2.75) is 44.7 Å². The number of thiazole rings is 1. The molecule has 1 N–H and O–H groups in total. The monoisotopic (exact) mass is 370 g/mol. The number of benzene rings is 1. The molecule has 25 heavy (non-hydrogen) atoms. The zero-order valence-corrected chi connectivity index (χ0v) is 14.8. The Morgan fingerprint density at radius 3 is 2.84 bits per heavy atom. The van der Waals surface area contributed by atoms with Crippen molar-refractivity contribution in [2.75, 3.05) is 6.54 Å². The standard InChI is InChI=1S/C18H21F3N2OS/c1-11(17-23-14-7-2-3-8-15(14)25-17)10-22-16(24)12-5-4-6-13(9-12)18(19,20)21/h2-3,7-8,11-13H,4-6,9-10H2,1H3,(H,22,24). The van der Waals surface area contributed by atoms with Crippen LogP contribution in [0.15, 0.2) is 24.3 Å². The van der Waals surface area contributed by atoms with E-state index in [4.69, 9.17) is 0 Å². The van der Waals surface area contributed by atoms with Crippen molar-refractivity contribution in [2.24, 2.45) is 11.8 Å². The van der Waals surface area contributed by atoms with Crippen LogP contribution in [-0.4, -0.2) is 23.6 Å². The summed E-state index contributed by atoms with van der Waals surface area (Å²) in [6.07, 6.45) is -3.17. The number of hydrogen-bond donors (Lipinski definition) is 1. The molecule has 3 rings (SSSR count). The summed E-state index contributed by atoms with van der Waals surface area (Å²) in [7, 11) is 0. The first kappa shape index (κ1) is 18.2. The Hall–Kier alpha value is -1.63. The van der Waals surface area contributed by atoms with Gasteiger partial charge in [0.2, 0.25) is 5.91 Å². The van der Waals surface area contributed by atoms with Gasteiger partial charge in [0, 0.05) is 18.4 Å². The molecule has 1 aromatic heterocycles. The van der Waals surface area contributed by atoms with Crippen LogP contribution in [0, 0.1) is 11.8 Å². The Morgan fingerprint density at radius 2 is 2.12 bits per heavy atom. The van der Waals surface area contributed by atoms with E-state index < -0.39 is 18.0 Å². The third-order valence-corrected chi connectivity index (χ3v) is 6.09. The molecule has 1 aromatic carbocycles. The minimum Gasteiger partial charge on any atom is -0.355 e. The van der Waals surface area contributed by atoms with Crippen LogP contribution in [0.1, 0.15) is 43.5 Å². The fraction of sp³-hybridized carbons (Fsp3) is 0.556. The summed E-state index contributed by atoms with van der Waals surface area (Å²) in [6, 6.07) is 7.83. The van der Waals surface area contributed by atoms with Crippen LogP contribution in [-0.2, 0) is 4.79 Å². The first-order valence-electron chi connectivity index (χ1n) is 8.54. The number of hydrogen-bond acceptors (Lipinski definition) is 3. The first-order valence-corrected chi connectivity index (χ1v) is 9.36. The Labute approximate surface area is 148 Å². The number of amides is 1. The highest BCUT2D eigenvalue weighted by Crippen LogP contribution is 2.40. The Balaban J connectivity index is 1.56. The molecule has 136 valence electrons. The maximum absolute atomic E-state index is 12.9. The lowest BCUT2D eigenvalue weighted by atomic mass is 9.80. The minimum atomic E-state index is -4.20. The summed E-state index contributed by atoms with van der Waals surface area (Å²) in [5.74, 6) is -2.12. The molecule has 0 spiro atoms. The molecule has 3 unspecified atom stereocenters. The van der Waals surface area contributed by atoms with E-state index in [1.165, 1.54) is 0 Å². The number of fused-ring (bicyclic) bond motifs is 1. The number of aromatic nitrogens is 1. The smallest absolute Gasteiger partial charge is 0.355 e. The third kappa shape index (κ3) is 4.32. The molecule has 1 aliphatic rings. The predicted molar refractivity (Wildman–Crippen MR) is 92.5 cm³/mol. The van der Waals surface area contributed by atoms with Crippen LogP contribution in [0.2, 0.25) is 0 Å². The number of nitrogens with zero attached hydrogens (tertiary/aromatic N) is 1. The van der Waals surface area contributed by atoms with E-state index in [2.05, 4.69) is 10.3 Å². The van der Waals surface area contributed by atoms with Crippen LogP contribution in [0.5, 0.6) is 0 Å². The van der Waals surface area contributed by atoms with E-state index in [1.54, 1.807) is 11.3 Å². The van der Waals surface area contributed by atoms with Gasteiger partial charge >= 0.3 is 6.18 Å². The Kier molecular flexibility index (Phi) is 5.32. The van der Waals surface area contributed by atoms with E-state index in [0.29, 0.717) is 19.4 Å². The highest BCUT2D eigenvalue weighted by atomic mass is 32.1. The number of carbonyl (C=O) groups is 1. The largest absolute Gasteiger partial charge is 0.391 e. The number of halogens is 3. The van der Waals surface area contributed by atoms with Crippen molar-refractivity contribution in [3.05, 3.63) is 29.3 Å². The van der Waals surface area contributed by atoms with Gasteiger partial charge < -0.3 is 5.32 Å². The van der Waals surface area contributed by atoms with Crippen molar-refractivity contribution in [1.29, 1.82) is 0 Å². The number of para-hydroxylation sites is 1. The van der Waals surface area contributed by atoms with E-state index in [0.717, 1.165) is 15.2 Å². The van der Waals surface area contributed by atoms with Gasteiger partial charge in [-0.3, -0.25) is 4.79 Å². The summed E-state index contributed by atoms with van der Waals surface area (Å²) in [6.45, 7) is 2.36. The molecule has 0 bridgehead atoms. The highest BCUT2D eigenvalue weighted by molar-refractivity contribution is 7.18. The maximum atomic E-state index is 12.9. The van der Waals surface area contributed by atoms with E-state index >= 15 is 0 Å². The fourth-order valence-corrected chi connectivity index (χ4v) is 4.33.